The number of anilines is 1. The second-order valence-corrected chi connectivity index (χ2v) is 5.07. The maximum Gasteiger partial charge on any atom is 0.150 e. The van der Waals surface area contributed by atoms with Crippen LogP contribution in [-0.2, 0) is 18.9 Å². The molecule has 0 unspecified atom stereocenters. The second kappa shape index (κ2) is 15.9. The zero-order valence-electron chi connectivity index (χ0n) is 14.9. The average molecular weight is 355 g/mol. The topological polar surface area (TPSA) is 90.9 Å². The fourth-order valence-electron chi connectivity index (χ4n) is 1.80. The number of carbonyl (C=O) groups is 1. The van der Waals surface area contributed by atoms with Crippen molar-refractivity contribution in [2.24, 2.45) is 0 Å². The fourth-order valence-corrected chi connectivity index (χ4v) is 1.80. The molecule has 1 heterocycles. The van der Waals surface area contributed by atoms with E-state index in [0.29, 0.717) is 70.8 Å². The van der Waals surface area contributed by atoms with Crippen molar-refractivity contribution in [3.05, 3.63) is 23.9 Å². The van der Waals surface area contributed by atoms with Gasteiger partial charge < -0.3 is 29.6 Å². The van der Waals surface area contributed by atoms with Crippen molar-refractivity contribution in [3.63, 3.8) is 0 Å². The molecule has 0 spiro atoms. The minimum absolute atomic E-state index is 0.524. The molecule has 0 radical (unpaired) electrons. The number of likely N-dealkylation sites (N-methyl/N-ethyl adjacent to an activating group) is 1. The van der Waals surface area contributed by atoms with Gasteiger partial charge in [0, 0.05) is 24.8 Å². The molecule has 8 nitrogen and oxygen atoms in total. The summed E-state index contributed by atoms with van der Waals surface area (Å²) in [6.07, 6.45) is 2.39. The molecule has 0 bridgehead atoms. The van der Waals surface area contributed by atoms with Crippen molar-refractivity contribution in [1.29, 1.82) is 0 Å². The number of ether oxygens (including phenoxy) is 4. The molecule has 0 saturated carbocycles. The van der Waals surface area contributed by atoms with Crippen LogP contribution in [0.3, 0.4) is 0 Å². The smallest absolute Gasteiger partial charge is 0.150 e. The highest BCUT2D eigenvalue weighted by molar-refractivity contribution is 5.75. The molecule has 142 valence electrons. The molecule has 0 aliphatic rings. The van der Waals surface area contributed by atoms with Crippen LogP contribution in [0.2, 0.25) is 0 Å². The Morgan fingerprint density at radius 3 is 2.04 bits per heavy atom. The Morgan fingerprint density at radius 1 is 0.920 bits per heavy atom. The molecule has 0 aliphatic heterocycles. The molecular weight excluding hydrogens is 326 g/mol. The molecule has 0 atom stereocenters. The van der Waals surface area contributed by atoms with Crippen LogP contribution in [0.1, 0.15) is 10.4 Å². The first kappa shape index (κ1) is 21.5. The van der Waals surface area contributed by atoms with Crippen LogP contribution in [0.15, 0.2) is 18.3 Å². The van der Waals surface area contributed by atoms with Crippen molar-refractivity contribution in [3.8, 4) is 0 Å². The SMILES string of the molecule is CNCCOCCOCCOCCOCCNc1cc(C=O)ccn1. The molecule has 2 N–H and O–H groups in total. The summed E-state index contributed by atoms with van der Waals surface area (Å²) in [5.41, 5.74) is 0.596. The van der Waals surface area contributed by atoms with Crippen LogP contribution >= 0.6 is 0 Å². The van der Waals surface area contributed by atoms with Crippen LogP contribution in [0, 0.1) is 0 Å². The monoisotopic (exact) mass is 355 g/mol. The third-order valence-electron chi connectivity index (χ3n) is 3.09. The van der Waals surface area contributed by atoms with Crippen molar-refractivity contribution in [1.82, 2.24) is 10.3 Å². The van der Waals surface area contributed by atoms with Gasteiger partial charge in [-0.15, -0.1) is 0 Å². The van der Waals surface area contributed by atoms with Crippen LogP contribution < -0.4 is 10.6 Å². The summed E-state index contributed by atoms with van der Waals surface area (Å²) in [5.74, 6) is 0.663. The minimum atomic E-state index is 0.524. The Morgan fingerprint density at radius 2 is 1.48 bits per heavy atom. The maximum atomic E-state index is 10.7. The summed E-state index contributed by atoms with van der Waals surface area (Å²) in [4.78, 5) is 14.8. The molecule has 25 heavy (non-hydrogen) atoms. The van der Waals surface area contributed by atoms with Gasteiger partial charge in [-0.1, -0.05) is 0 Å². The molecule has 0 saturated heterocycles. The largest absolute Gasteiger partial charge is 0.378 e. The highest BCUT2D eigenvalue weighted by Crippen LogP contribution is 2.03. The van der Waals surface area contributed by atoms with E-state index in [-0.39, 0.29) is 0 Å². The lowest BCUT2D eigenvalue weighted by Crippen LogP contribution is -2.17. The molecule has 1 aromatic rings. The molecule has 0 fully saturated rings. The maximum absolute atomic E-state index is 10.7. The number of nitrogens with one attached hydrogen (secondary N) is 2. The molecule has 0 aromatic carbocycles. The summed E-state index contributed by atoms with van der Waals surface area (Å²) in [7, 11) is 1.89. The quantitative estimate of drug-likeness (QED) is 0.310. The second-order valence-electron chi connectivity index (χ2n) is 5.07. The average Bonchev–Trinajstić information content (AvgIpc) is 2.65. The molecule has 1 rings (SSSR count). The first-order valence-corrected chi connectivity index (χ1v) is 8.47. The van der Waals surface area contributed by atoms with Crippen molar-refractivity contribution in [2.75, 3.05) is 78.3 Å². The van der Waals surface area contributed by atoms with Gasteiger partial charge in [-0.2, -0.15) is 0 Å². The zero-order valence-corrected chi connectivity index (χ0v) is 14.9. The molecule has 8 heteroatoms. The summed E-state index contributed by atoms with van der Waals surface area (Å²) in [6, 6.07) is 3.36. The molecular formula is C17H29N3O5. The van der Waals surface area contributed by atoms with Gasteiger partial charge in [0.25, 0.3) is 0 Å². The van der Waals surface area contributed by atoms with Crippen molar-refractivity contribution in [2.45, 2.75) is 0 Å². The Hall–Kier alpha value is -1.58. The molecule has 1 aromatic heterocycles. The van der Waals surface area contributed by atoms with Crippen molar-refractivity contribution < 1.29 is 23.7 Å². The standard InChI is InChI=1S/C17H29N3O5/c1-18-4-6-22-8-10-24-12-13-25-11-9-23-7-5-20-17-14-16(15-21)2-3-19-17/h2-3,14-15,18H,4-13H2,1H3,(H,19,20). The number of rotatable bonds is 17. The molecule has 0 amide bonds. The van der Waals surface area contributed by atoms with E-state index in [1.54, 1.807) is 18.3 Å². The lowest BCUT2D eigenvalue weighted by molar-refractivity contribution is -0.000307. The number of aldehydes is 1. The van der Waals surface area contributed by atoms with Crippen LogP contribution in [0.4, 0.5) is 5.82 Å². The van der Waals surface area contributed by atoms with E-state index in [0.717, 1.165) is 12.8 Å². The Bertz CT molecular complexity index is 448. The number of carbonyl (C=O) groups excluding carboxylic acids is 1. The number of pyridine rings is 1. The van der Waals surface area contributed by atoms with E-state index in [9.17, 15) is 4.79 Å². The number of nitrogens with zero attached hydrogens (tertiary/aromatic N) is 1. The highest BCUT2D eigenvalue weighted by Gasteiger charge is 1.96. The molecule has 0 aliphatic carbocycles. The minimum Gasteiger partial charge on any atom is -0.378 e. The van der Waals surface area contributed by atoms with Gasteiger partial charge in [-0.3, -0.25) is 4.79 Å². The zero-order chi connectivity index (χ0) is 18.0. The van der Waals surface area contributed by atoms with E-state index in [1.807, 2.05) is 7.05 Å². The Kier molecular flexibility index (Phi) is 13.7. The van der Waals surface area contributed by atoms with Gasteiger partial charge in [-0.25, -0.2) is 4.98 Å². The lowest BCUT2D eigenvalue weighted by atomic mass is 10.3. The Labute approximate surface area is 149 Å². The van der Waals surface area contributed by atoms with Crippen LogP contribution in [0.5, 0.6) is 0 Å². The lowest BCUT2D eigenvalue weighted by Gasteiger charge is -2.08. The van der Waals surface area contributed by atoms with E-state index in [2.05, 4.69) is 15.6 Å². The number of hydrogen-bond acceptors (Lipinski definition) is 8. The van der Waals surface area contributed by atoms with Crippen molar-refractivity contribution >= 4 is 12.1 Å². The normalized spacial score (nSPS) is 10.8. The number of aromatic nitrogens is 1. The van der Waals surface area contributed by atoms with E-state index in [1.165, 1.54) is 0 Å². The van der Waals surface area contributed by atoms with Gasteiger partial charge in [0.2, 0.25) is 0 Å². The van der Waals surface area contributed by atoms with E-state index >= 15 is 0 Å². The van der Waals surface area contributed by atoms with Gasteiger partial charge >= 0.3 is 0 Å². The number of hydrogen-bond donors (Lipinski definition) is 2. The van der Waals surface area contributed by atoms with E-state index < -0.39 is 0 Å². The van der Waals surface area contributed by atoms with Gasteiger partial charge in [0.1, 0.15) is 12.1 Å². The van der Waals surface area contributed by atoms with Crippen LogP contribution in [-0.4, -0.2) is 84.3 Å². The third-order valence-corrected chi connectivity index (χ3v) is 3.09. The first-order chi connectivity index (χ1) is 12.4. The predicted molar refractivity (Wildman–Crippen MR) is 95.3 cm³/mol. The summed E-state index contributed by atoms with van der Waals surface area (Å²) in [5, 5.41) is 6.10. The van der Waals surface area contributed by atoms with Gasteiger partial charge in [0.05, 0.1) is 52.9 Å². The Balaban J connectivity index is 1.81. The summed E-state index contributed by atoms with van der Waals surface area (Å²) >= 11 is 0. The highest BCUT2D eigenvalue weighted by atomic mass is 16.6. The summed E-state index contributed by atoms with van der Waals surface area (Å²) in [6.45, 7) is 6.02. The fraction of sp³-hybridized carbons (Fsp3) is 0.647. The van der Waals surface area contributed by atoms with E-state index in [4.69, 9.17) is 18.9 Å². The van der Waals surface area contributed by atoms with Gasteiger partial charge in [-0.05, 0) is 19.2 Å². The van der Waals surface area contributed by atoms with Gasteiger partial charge in [0.15, 0.2) is 0 Å². The summed E-state index contributed by atoms with van der Waals surface area (Å²) < 4.78 is 21.5. The predicted octanol–water partition coefficient (Wildman–Crippen LogP) is 0.592. The third kappa shape index (κ3) is 12.4. The van der Waals surface area contributed by atoms with Crippen LogP contribution in [0.25, 0.3) is 0 Å². The first-order valence-electron chi connectivity index (χ1n) is 8.47.